The van der Waals surface area contributed by atoms with Gasteiger partial charge in [0.2, 0.25) is 5.89 Å². The highest BCUT2D eigenvalue weighted by atomic mass is 32.1. The van der Waals surface area contributed by atoms with Gasteiger partial charge in [0.05, 0.1) is 0 Å². The molecule has 0 unspecified atom stereocenters. The summed E-state index contributed by atoms with van der Waals surface area (Å²) in [6.07, 6.45) is 7.15. The lowest BCUT2D eigenvalue weighted by molar-refractivity contribution is 0.387. The van der Waals surface area contributed by atoms with E-state index in [0.29, 0.717) is 11.9 Å². The summed E-state index contributed by atoms with van der Waals surface area (Å²) in [5.74, 6) is 1.33. The van der Waals surface area contributed by atoms with Crippen molar-refractivity contribution < 1.29 is 4.52 Å². The van der Waals surface area contributed by atoms with Crippen LogP contribution in [0.25, 0.3) is 0 Å². The number of rotatable bonds is 4. The second kappa shape index (κ2) is 6.68. The van der Waals surface area contributed by atoms with Gasteiger partial charge in [-0.25, -0.2) is 0 Å². The maximum absolute atomic E-state index is 5.27. The van der Waals surface area contributed by atoms with E-state index in [1.54, 1.807) is 6.92 Å². The summed E-state index contributed by atoms with van der Waals surface area (Å²) in [6, 6.07) is 0.547. The number of hydrogen-bond donors (Lipinski definition) is 2. The minimum Gasteiger partial charge on any atom is -0.362 e. The molecule has 0 spiro atoms. The van der Waals surface area contributed by atoms with Crippen molar-refractivity contribution in [3.63, 3.8) is 0 Å². The Hall–Kier alpha value is -1.17. The van der Waals surface area contributed by atoms with Crippen LogP contribution in [0.5, 0.6) is 0 Å². The van der Waals surface area contributed by atoms with Crippen LogP contribution in [-0.4, -0.2) is 27.8 Å². The van der Waals surface area contributed by atoms with Crippen LogP contribution in [0.2, 0.25) is 0 Å². The molecular weight excluding hydrogens is 248 g/mol. The molecule has 1 aliphatic carbocycles. The minimum atomic E-state index is 0.547. The van der Waals surface area contributed by atoms with Crippen molar-refractivity contribution in [2.45, 2.75) is 51.5 Å². The monoisotopic (exact) mass is 268 g/mol. The molecule has 2 rings (SSSR count). The Bertz CT molecular complexity index is 387. The molecule has 1 saturated carbocycles. The summed E-state index contributed by atoms with van der Waals surface area (Å²) in [4.78, 5) is 4.14. The Morgan fingerprint density at radius 3 is 2.83 bits per heavy atom. The third kappa shape index (κ3) is 4.25. The molecule has 2 N–H and O–H groups in total. The Balaban J connectivity index is 1.62. The van der Waals surface area contributed by atoms with Crippen LogP contribution in [0.15, 0.2) is 4.52 Å². The zero-order chi connectivity index (χ0) is 12.8. The van der Waals surface area contributed by atoms with E-state index in [0.717, 1.165) is 23.9 Å². The van der Waals surface area contributed by atoms with E-state index in [9.17, 15) is 0 Å². The number of nitrogens with one attached hydrogen (secondary N) is 2. The van der Waals surface area contributed by atoms with Gasteiger partial charge in [-0.1, -0.05) is 24.4 Å². The molecule has 18 heavy (non-hydrogen) atoms. The van der Waals surface area contributed by atoms with Crippen molar-refractivity contribution in [1.82, 2.24) is 20.8 Å². The molecule has 0 saturated heterocycles. The average Bonchev–Trinajstić information content (AvgIpc) is 2.76. The molecule has 1 aliphatic rings. The van der Waals surface area contributed by atoms with Crippen molar-refractivity contribution in [1.29, 1.82) is 0 Å². The number of nitrogens with zero attached hydrogens (tertiary/aromatic N) is 2. The van der Waals surface area contributed by atoms with Crippen LogP contribution in [0, 0.1) is 6.92 Å². The second-order valence-corrected chi connectivity index (χ2v) is 5.12. The minimum absolute atomic E-state index is 0.547. The lowest BCUT2D eigenvalue weighted by atomic mass is 9.96. The van der Waals surface area contributed by atoms with Crippen molar-refractivity contribution in [3.05, 3.63) is 11.7 Å². The lowest BCUT2D eigenvalue weighted by Gasteiger charge is -2.24. The molecule has 1 aromatic heterocycles. The first-order chi connectivity index (χ1) is 8.74. The third-order valence-electron chi connectivity index (χ3n) is 3.14. The highest BCUT2D eigenvalue weighted by Gasteiger charge is 2.13. The highest BCUT2D eigenvalue weighted by molar-refractivity contribution is 7.80. The van der Waals surface area contributed by atoms with Gasteiger partial charge in [0.15, 0.2) is 10.9 Å². The zero-order valence-electron chi connectivity index (χ0n) is 10.7. The van der Waals surface area contributed by atoms with Crippen molar-refractivity contribution in [2.75, 3.05) is 6.54 Å². The SMILES string of the molecule is Cc1nc(CCNC(=S)NC2CCCCC2)no1. The van der Waals surface area contributed by atoms with Crippen molar-refractivity contribution in [2.24, 2.45) is 0 Å². The quantitative estimate of drug-likeness (QED) is 0.811. The van der Waals surface area contributed by atoms with E-state index in [4.69, 9.17) is 16.7 Å². The number of hydrogen-bond acceptors (Lipinski definition) is 4. The molecule has 100 valence electrons. The highest BCUT2D eigenvalue weighted by Crippen LogP contribution is 2.17. The van der Waals surface area contributed by atoms with Gasteiger partial charge in [0, 0.05) is 25.9 Å². The first-order valence-corrected chi connectivity index (χ1v) is 6.98. The zero-order valence-corrected chi connectivity index (χ0v) is 11.6. The normalized spacial score (nSPS) is 16.5. The van der Waals surface area contributed by atoms with Gasteiger partial charge in [0.25, 0.3) is 0 Å². The van der Waals surface area contributed by atoms with Crippen LogP contribution in [0.1, 0.15) is 43.8 Å². The summed E-state index contributed by atoms with van der Waals surface area (Å²) in [6.45, 7) is 2.52. The van der Waals surface area contributed by atoms with Gasteiger partial charge >= 0.3 is 0 Å². The Morgan fingerprint density at radius 1 is 1.39 bits per heavy atom. The van der Waals surface area contributed by atoms with Crippen LogP contribution in [-0.2, 0) is 6.42 Å². The molecular formula is C12H20N4OS. The Labute approximate surface area is 113 Å². The summed E-state index contributed by atoms with van der Waals surface area (Å²) < 4.78 is 4.91. The summed E-state index contributed by atoms with van der Waals surface area (Å²) >= 11 is 5.27. The topological polar surface area (TPSA) is 63.0 Å². The Morgan fingerprint density at radius 2 is 2.17 bits per heavy atom. The second-order valence-electron chi connectivity index (χ2n) is 4.71. The fraction of sp³-hybridized carbons (Fsp3) is 0.750. The largest absolute Gasteiger partial charge is 0.362 e. The van der Waals surface area contributed by atoms with E-state index in [1.165, 1.54) is 32.1 Å². The van der Waals surface area contributed by atoms with E-state index < -0.39 is 0 Å². The van der Waals surface area contributed by atoms with Crippen molar-refractivity contribution in [3.8, 4) is 0 Å². The summed E-state index contributed by atoms with van der Waals surface area (Å²) in [5.41, 5.74) is 0. The first kappa shape index (κ1) is 13.3. The van der Waals surface area contributed by atoms with Crippen LogP contribution in [0.3, 0.4) is 0 Å². The Kier molecular flexibility index (Phi) is 4.92. The number of thiocarbonyl (C=S) groups is 1. The van der Waals surface area contributed by atoms with Gasteiger partial charge in [-0.3, -0.25) is 0 Å². The molecule has 5 nitrogen and oxygen atoms in total. The number of aromatic nitrogens is 2. The molecule has 0 bridgehead atoms. The van der Waals surface area contributed by atoms with Crippen LogP contribution >= 0.6 is 12.2 Å². The predicted octanol–water partition coefficient (Wildman–Crippen LogP) is 1.72. The molecule has 0 atom stereocenters. The van der Waals surface area contributed by atoms with Gasteiger partial charge in [-0.2, -0.15) is 4.98 Å². The molecule has 0 aliphatic heterocycles. The van der Waals surface area contributed by atoms with Crippen LogP contribution in [0.4, 0.5) is 0 Å². The smallest absolute Gasteiger partial charge is 0.223 e. The standard InChI is InChI=1S/C12H20N4OS/c1-9-14-11(16-17-9)7-8-13-12(18)15-10-5-3-2-4-6-10/h10H,2-8H2,1H3,(H2,13,15,18). The maximum atomic E-state index is 5.27. The van der Waals surface area contributed by atoms with E-state index >= 15 is 0 Å². The molecule has 6 heteroatoms. The fourth-order valence-electron chi connectivity index (χ4n) is 2.21. The molecule has 0 amide bonds. The molecule has 1 heterocycles. The van der Waals surface area contributed by atoms with E-state index in [-0.39, 0.29) is 0 Å². The van der Waals surface area contributed by atoms with E-state index in [1.807, 2.05) is 0 Å². The van der Waals surface area contributed by atoms with Crippen molar-refractivity contribution >= 4 is 17.3 Å². The first-order valence-electron chi connectivity index (χ1n) is 6.57. The molecule has 0 radical (unpaired) electrons. The maximum Gasteiger partial charge on any atom is 0.223 e. The lowest BCUT2D eigenvalue weighted by Crippen LogP contribution is -2.43. The van der Waals surface area contributed by atoms with Crippen LogP contribution < -0.4 is 10.6 Å². The molecule has 1 aromatic rings. The molecule has 1 fully saturated rings. The van der Waals surface area contributed by atoms with Gasteiger partial charge in [0.1, 0.15) is 0 Å². The summed E-state index contributed by atoms with van der Waals surface area (Å²) in [5, 5.41) is 11.1. The predicted molar refractivity (Wildman–Crippen MR) is 73.3 cm³/mol. The third-order valence-corrected chi connectivity index (χ3v) is 3.41. The number of aryl methyl sites for hydroxylation is 1. The molecule has 0 aromatic carbocycles. The van der Waals surface area contributed by atoms with Gasteiger partial charge in [-0.15, -0.1) is 0 Å². The summed E-state index contributed by atoms with van der Waals surface area (Å²) in [7, 11) is 0. The average molecular weight is 268 g/mol. The fourth-order valence-corrected chi connectivity index (χ4v) is 2.48. The van der Waals surface area contributed by atoms with E-state index in [2.05, 4.69) is 20.8 Å². The van der Waals surface area contributed by atoms with Gasteiger partial charge < -0.3 is 15.2 Å². The van der Waals surface area contributed by atoms with Gasteiger partial charge in [-0.05, 0) is 25.1 Å².